The average Bonchev–Trinajstić information content (AvgIpc) is 2.91. The molecule has 21 heavy (non-hydrogen) atoms. The minimum Gasteiger partial charge on any atom is -0.443 e. The van der Waals surface area contributed by atoms with Gasteiger partial charge < -0.3 is 4.42 Å². The van der Waals surface area contributed by atoms with Crippen molar-refractivity contribution in [3.05, 3.63) is 54.6 Å². The molecule has 0 amide bonds. The van der Waals surface area contributed by atoms with Crippen LogP contribution in [0.25, 0.3) is 32.5 Å². The topological polar surface area (TPSA) is 73.3 Å². The lowest BCUT2D eigenvalue weighted by molar-refractivity contribution is 0.484. The minimum absolute atomic E-state index is 0.210. The first-order valence-electron chi connectivity index (χ1n) is 6.41. The second-order valence-corrected chi connectivity index (χ2v) is 6.47. The van der Waals surface area contributed by atoms with Gasteiger partial charge in [0.25, 0.3) is 10.0 Å². The molecule has 0 unspecified atom stereocenters. The van der Waals surface area contributed by atoms with Crippen molar-refractivity contribution in [2.45, 2.75) is 5.09 Å². The van der Waals surface area contributed by atoms with E-state index in [2.05, 4.69) is 0 Å². The Kier molecular flexibility index (Phi) is 2.40. The van der Waals surface area contributed by atoms with Gasteiger partial charge in [-0.05, 0) is 22.2 Å². The van der Waals surface area contributed by atoms with Gasteiger partial charge in [0.2, 0.25) is 5.09 Å². The molecule has 0 bridgehead atoms. The highest BCUT2D eigenvalue weighted by Crippen LogP contribution is 2.33. The highest BCUT2D eigenvalue weighted by atomic mass is 32.2. The molecule has 104 valence electrons. The molecule has 4 aromatic rings. The number of fused-ring (bicyclic) bond motifs is 5. The number of rotatable bonds is 1. The Bertz CT molecular complexity index is 1110. The molecule has 0 radical (unpaired) electrons. The molecule has 1 aromatic heterocycles. The zero-order valence-electron chi connectivity index (χ0n) is 10.9. The summed E-state index contributed by atoms with van der Waals surface area (Å²) in [6.07, 6.45) is 0. The SMILES string of the molecule is NS(=O)(=O)c1cc2ccc3c4ccccc4ccc3c2o1. The van der Waals surface area contributed by atoms with Crippen LogP contribution in [0.5, 0.6) is 0 Å². The number of hydrogen-bond donors (Lipinski definition) is 1. The maximum Gasteiger partial charge on any atom is 0.271 e. The number of nitrogens with two attached hydrogens (primary N) is 1. The van der Waals surface area contributed by atoms with Crippen molar-refractivity contribution in [2.75, 3.05) is 0 Å². The summed E-state index contributed by atoms with van der Waals surface area (Å²) in [6.45, 7) is 0. The fraction of sp³-hybridized carbons (Fsp3) is 0. The van der Waals surface area contributed by atoms with Gasteiger partial charge in [0, 0.05) is 16.8 Å². The maximum atomic E-state index is 11.4. The maximum absolute atomic E-state index is 11.4. The van der Waals surface area contributed by atoms with Crippen molar-refractivity contribution < 1.29 is 12.8 Å². The zero-order valence-corrected chi connectivity index (χ0v) is 11.7. The summed E-state index contributed by atoms with van der Waals surface area (Å²) in [6, 6.07) is 17.3. The normalized spacial score (nSPS) is 12.4. The molecule has 0 aliphatic carbocycles. The van der Waals surface area contributed by atoms with Crippen LogP contribution in [0.15, 0.2) is 64.1 Å². The van der Waals surface area contributed by atoms with Crippen LogP contribution in [0.4, 0.5) is 0 Å². The van der Waals surface area contributed by atoms with E-state index in [9.17, 15) is 8.42 Å². The van der Waals surface area contributed by atoms with Gasteiger partial charge in [0.05, 0.1) is 0 Å². The van der Waals surface area contributed by atoms with Crippen molar-refractivity contribution in [1.29, 1.82) is 0 Å². The molecule has 4 rings (SSSR count). The molecular formula is C16H11NO3S. The summed E-state index contributed by atoms with van der Waals surface area (Å²) in [5.41, 5.74) is 0.544. The summed E-state index contributed by atoms with van der Waals surface area (Å²) in [7, 11) is -3.84. The lowest BCUT2D eigenvalue weighted by Crippen LogP contribution is -2.10. The van der Waals surface area contributed by atoms with Gasteiger partial charge in [0.15, 0.2) is 0 Å². The van der Waals surface area contributed by atoms with Crippen LogP contribution in [0.3, 0.4) is 0 Å². The summed E-state index contributed by atoms with van der Waals surface area (Å²) < 4.78 is 28.4. The van der Waals surface area contributed by atoms with E-state index < -0.39 is 10.0 Å². The van der Waals surface area contributed by atoms with E-state index in [-0.39, 0.29) is 5.09 Å². The van der Waals surface area contributed by atoms with E-state index >= 15 is 0 Å². The Morgan fingerprint density at radius 2 is 1.52 bits per heavy atom. The van der Waals surface area contributed by atoms with E-state index in [4.69, 9.17) is 9.56 Å². The Labute approximate surface area is 120 Å². The molecular weight excluding hydrogens is 286 g/mol. The van der Waals surface area contributed by atoms with Gasteiger partial charge in [0.1, 0.15) is 5.58 Å². The molecule has 5 heteroatoms. The van der Waals surface area contributed by atoms with Gasteiger partial charge >= 0.3 is 0 Å². The molecule has 1 heterocycles. The Hall–Kier alpha value is -2.37. The highest BCUT2D eigenvalue weighted by Gasteiger charge is 2.16. The third-order valence-corrected chi connectivity index (χ3v) is 4.43. The fourth-order valence-corrected chi connectivity index (χ4v) is 3.19. The number of benzene rings is 3. The second-order valence-electron chi connectivity index (χ2n) is 4.98. The highest BCUT2D eigenvalue weighted by molar-refractivity contribution is 7.89. The molecule has 0 aliphatic rings. The summed E-state index contributed by atoms with van der Waals surface area (Å²) in [5.74, 6) is 0. The lowest BCUT2D eigenvalue weighted by atomic mass is 10.0. The molecule has 0 fully saturated rings. The average molecular weight is 297 g/mol. The first-order chi connectivity index (χ1) is 10.0. The van der Waals surface area contributed by atoms with Crippen LogP contribution in [-0.4, -0.2) is 8.42 Å². The summed E-state index contributed by atoms with van der Waals surface area (Å²) in [4.78, 5) is 0. The Morgan fingerprint density at radius 1 is 0.810 bits per heavy atom. The number of furan rings is 1. The van der Waals surface area contributed by atoms with Crippen LogP contribution in [0.1, 0.15) is 0 Å². The zero-order chi connectivity index (χ0) is 14.6. The van der Waals surface area contributed by atoms with Crippen molar-refractivity contribution in [1.82, 2.24) is 0 Å². The van der Waals surface area contributed by atoms with Crippen molar-refractivity contribution in [3.8, 4) is 0 Å². The van der Waals surface area contributed by atoms with E-state index in [1.807, 2.05) is 48.5 Å². The van der Waals surface area contributed by atoms with Crippen molar-refractivity contribution in [2.24, 2.45) is 5.14 Å². The van der Waals surface area contributed by atoms with E-state index in [1.165, 1.54) is 6.07 Å². The van der Waals surface area contributed by atoms with Crippen molar-refractivity contribution in [3.63, 3.8) is 0 Å². The second kappa shape index (κ2) is 4.07. The van der Waals surface area contributed by atoms with Crippen LogP contribution >= 0.6 is 0 Å². The molecule has 0 aliphatic heterocycles. The third kappa shape index (κ3) is 1.82. The largest absolute Gasteiger partial charge is 0.443 e. The fourth-order valence-electron chi connectivity index (χ4n) is 2.70. The molecule has 0 saturated heterocycles. The van der Waals surface area contributed by atoms with Crippen LogP contribution in [-0.2, 0) is 10.0 Å². The summed E-state index contributed by atoms with van der Waals surface area (Å²) >= 11 is 0. The first-order valence-corrected chi connectivity index (χ1v) is 7.95. The predicted molar refractivity (Wildman–Crippen MR) is 82.6 cm³/mol. The van der Waals surface area contributed by atoms with Crippen LogP contribution in [0.2, 0.25) is 0 Å². The number of sulfonamides is 1. The molecule has 3 aromatic carbocycles. The van der Waals surface area contributed by atoms with Gasteiger partial charge in [-0.1, -0.05) is 42.5 Å². The summed E-state index contributed by atoms with van der Waals surface area (Å²) in [5, 5.41) is 9.78. The quantitative estimate of drug-likeness (QED) is 0.547. The van der Waals surface area contributed by atoms with Gasteiger partial charge in [-0.15, -0.1) is 0 Å². The lowest BCUT2D eigenvalue weighted by Gasteiger charge is -2.03. The van der Waals surface area contributed by atoms with Gasteiger partial charge in [-0.3, -0.25) is 0 Å². The van der Waals surface area contributed by atoms with Crippen LogP contribution in [0, 0.1) is 0 Å². The molecule has 0 saturated carbocycles. The molecule has 0 atom stereocenters. The van der Waals surface area contributed by atoms with E-state index in [1.54, 1.807) is 0 Å². The molecule has 4 nitrogen and oxygen atoms in total. The smallest absolute Gasteiger partial charge is 0.271 e. The monoisotopic (exact) mass is 297 g/mol. The molecule has 0 spiro atoms. The minimum atomic E-state index is -3.84. The molecule has 2 N–H and O–H groups in total. The first kappa shape index (κ1) is 12.4. The van der Waals surface area contributed by atoms with Gasteiger partial charge in [-0.25, -0.2) is 13.6 Å². The van der Waals surface area contributed by atoms with E-state index in [0.717, 1.165) is 26.9 Å². The Balaban J connectivity index is 2.19. The number of primary sulfonamides is 1. The van der Waals surface area contributed by atoms with Gasteiger partial charge in [-0.2, -0.15) is 0 Å². The number of hydrogen-bond acceptors (Lipinski definition) is 3. The Morgan fingerprint density at radius 3 is 2.33 bits per heavy atom. The standard InChI is InChI=1S/C16H11NO3S/c17-21(18,19)15-9-11-6-7-13-12-4-2-1-3-10(12)5-8-14(13)16(11)20-15/h1-9H,(H2,17,18,19). The van der Waals surface area contributed by atoms with Crippen LogP contribution < -0.4 is 5.14 Å². The van der Waals surface area contributed by atoms with E-state index in [0.29, 0.717) is 5.58 Å². The van der Waals surface area contributed by atoms with Crippen molar-refractivity contribution >= 4 is 42.5 Å². The third-order valence-electron chi connectivity index (χ3n) is 3.66. The predicted octanol–water partition coefficient (Wildman–Crippen LogP) is 3.39.